The lowest BCUT2D eigenvalue weighted by atomic mass is 10.1. The van der Waals surface area contributed by atoms with Gasteiger partial charge < -0.3 is 9.64 Å². The van der Waals surface area contributed by atoms with Gasteiger partial charge in [-0.3, -0.25) is 0 Å². The van der Waals surface area contributed by atoms with E-state index in [2.05, 4.69) is 18.7 Å². The Morgan fingerprint density at radius 1 is 1.15 bits per heavy atom. The Bertz CT molecular complexity index is 782. The molecule has 1 aromatic carbocycles. The predicted molar refractivity (Wildman–Crippen MR) is 108 cm³/mol. The summed E-state index contributed by atoms with van der Waals surface area (Å²) in [4.78, 5) is 12.4. The minimum absolute atomic E-state index is 0.370. The predicted octanol–water partition coefficient (Wildman–Crippen LogP) is 5.19. The number of anilines is 1. The molecule has 1 unspecified atom stereocenters. The standard InChI is InChI=1S/C20H25Cl2N3O/c1-4-17-19(15-9-8-13(21)11-16(15)22)23-18(5-2)20(24-17)25-10-6-7-14(25)12-26-3/h8-9,11,14H,4-7,10,12H2,1-3H3. The maximum Gasteiger partial charge on any atom is 0.151 e. The van der Waals surface area contributed by atoms with E-state index in [0.717, 1.165) is 67.3 Å². The highest BCUT2D eigenvalue weighted by Crippen LogP contribution is 2.34. The van der Waals surface area contributed by atoms with Crippen molar-refractivity contribution in [2.24, 2.45) is 0 Å². The lowest BCUT2D eigenvalue weighted by Crippen LogP contribution is -2.34. The number of nitrogens with zero attached hydrogens (tertiary/aromatic N) is 3. The van der Waals surface area contributed by atoms with Crippen LogP contribution in [0.1, 0.15) is 38.1 Å². The smallest absolute Gasteiger partial charge is 0.151 e. The van der Waals surface area contributed by atoms with Gasteiger partial charge in [0.15, 0.2) is 5.82 Å². The van der Waals surface area contributed by atoms with Gasteiger partial charge in [0.05, 0.1) is 34.8 Å². The monoisotopic (exact) mass is 393 g/mol. The lowest BCUT2D eigenvalue weighted by Gasteiger charge is -2.27. The van der Waals surface area contributed by atoms with Crippen LogP contribution in [0.15, 0.2) is 18.2 Å². The van der Waals surface area contributed by atoms with E-state index < -0.39 is 0 Å². The molecule has 6 heteroatoms. The van der Waals surface area contributed by atoms with Gasteiger partial charge in [-0.25, -0.2) is 9.97 Å². The molecule has 2 aromatic rings. The molecule has 1 fully saturated rings. The molecule has 3 rings (SSSR count). The van der Waals surface area contributed by atoms with Crippen LogP contribution in [-0.2, 0) is 17.6 Å². The zero-order chi connectivity index (χ0) is 18.7. The van der Waals surface area contributed by atoms with Gasteiger partial charge in [-0.1, -0.05) is 37.0 Å². The van der Waals surface area contributed by atoms with Crippen molar-refractivity contribution in [3.8, 4) is 11.3 Å². The number of aryl methyl sites for hydroxylation is 2. The van der Waals surface area contributed by atoms with E-state index in [1.54, 1.807) is 13.2 Å². The summed E-state index contributed by atoms with van der Waals surface area (Å²) in [5, 5.41) is 1.23. The largest absolute Gasteiger partial charge is 0.383 e. The van der Waals surface area contributed by atoms with Crippen molar-refractivity contribution in [1.29, 1.82) is 0 Å². The first-order chi connectivity index (χ1) is 12.6. The van der Waals surface area contributed by atoms with Crippen LogP contribution < -0.4 is 4.90 Å². The van der Waals surface area contributed by atoms with Gasteiger partial charge in [-0.15, -0.1) is 0 Å². The molecule has 4 nitrogen and oxygen atoms in total. The summed E-state index contributed by atoms with van der Waals surface area (Å²) >= 11 is 12.5. The highest BCUT2D eigenvalue weighted by atomic mass is 35.5. The fourth-order valence-electron chi connectivity index (χ4n) is 3.59. The van der Waals surface area contributed by atoms with E-state index in [9.17, 15) is 0 Å². The molecule has 1 saturated heterocycles. The van der Waals surface area contributed by atoms with Crippen molar-refractivity contribution in [2.45, 2.75) is 45.6 Å². The number of methoxy groups -OCH3 is 1. The summed E-state index contributed by atoms with van der Waals surface area (Å²) in [6.07, 6.45) is 3.90. The van der Waals surface area contributed by atoms with Crippen molar-refractivity contribution < 1.29 is 4.74 Å². The second kappa shape index (κ2) is 8.55. The Morgan fingerprint density at radius 3 is 2.58 bits per heavy atom. The first-order valence-electron chi connectivity index (χ1n) is 9.19. The summed E-state index contributed by atoms with van der Waals surface area (Å²) in [5.41, 5.74) is 3.71. The maximum atomic E-state index is 6.44. The maximum absolute atomic E-state index is 6.44. The van der Waals surface area contributed by atoms with Gasteiger partial charge in [-0.05, 0) is 43.9 Å². The van der Waals surface area contributed by atoms with Gasteiger partial charge in [0.25, 0.3) is 0 Å². The summed E-state index contributed by atoms with van der Waals surface area (Å²) in [6, 6.07) is 5.90. The summed E-state index contributed by atoms with van der Waals surface area (Å²) in [6.45, 7) is 5.94. The molecular formula is C20H25Cl2N3O. The molecule has 140 valence electrons. The van der Waals surface area contributed by atoms with Crippen molar-refractivity contribution in [3.63, 3.8) is 0 Å². The summed E-state index contributed by atoms with van der Waals surface area (Å²) in [5.74, 6) is 0.998. The lowest BCUT2D eigenvalue weighted by molar-refractivity contribution is 0.180. The SMILES string of the molecule is CCc1nc(N2CCCC2COC)c(CC)nc1-c1ccc(Cl)cc1Cl. The Balaban J connectivity index is 2.09. The number of aromatic nitrogens is 2. The Kier molecular flexibility index (Phi) is 6.38. The average Bonchev–Trinajstić information content (AvgIpc) is 3.09. The van der Waals surface area contributed by atoms with Crippen molar-refractivity contribution in [2.75, 3.05) is 25.2 Å². The van der Waals surface area contributed by atoms with Crippen LogP contribution in [-0.4, -0.2) is 36.3 Å². The third-order valence-corrected chi connectivity index (χ3v) is 5.43. The molecular weight excluding hydrogens is 369 g/mol. The Morgan fingerprint density at radius 2 is 1.92 bits per heavy atom. The van der Waals surface area contributed by atoms with E-state index in [1.165, 1.54) is 0 Å². The molecule has 0 amide bonds. The molecule has 2 heterocycles. The third kappa shape index (κ3) is 3.83. The number of ether oxygens (including phenoxy) is 1. The van der Waals surface area contributed by atoms with Crippen LogP contribution in [0.4, 0.5) is 5.82 Å². The van der Waals surface area contributed by atoms with E-state index >= 15 is 0 Å². The highest BCUT2D eigenvalue weighted by Gasteiger charge is 2.28. The van der Waals surface area contributed by atoms with Crippen LogP contribution >= 0.6 is 23.2 Å². The molecule has 0 N–H and O–H groups in total. The van der Waals surface area contributed by atoms with Gasteiger partial charge >= 0.3 is 0 Å². The summed E-state index contributed by atoms with van der Waals surface area (Å²) in [7, 11) is 1.76. The van der Waals surface area contributed by atoms with Crippen LogP contribution in [0.3, 0.4) is 0 Å². The second-order valence-corrected chi connectivity index (χ2v) is 7.41. The van der Waals surface area contributed by atoms with Gasteiger partial charge in [0, 0.05) is 24.2 Å². The number of benzene rings is 1. The van der Waals surface area contributed by atoms with Gasteiger partial charge in [0.2, 0.25) is 0 Å². The molecule has 0 bridgehead atoms. The fourth-order valence-corrected chi connectivity index (χ4v) is 4.08. The number of rotatable bonds is 6. The second-order valence-electron chi connectivity index (χ2n) is 6.57. The van der Waals surface area contributed by atoms with Crippen LogP contribution in [0.2, 0.25) is 10.0 Å². The van der Waals surface area contributed by atoms with E-state index in [-0.39, 0.29) is 0 Å². The normalized spacial score (nSPS) is 17.1. The van der Waals surface area contributed by atoms with Gasteiger partial charge in [-0.2, -0.15) is 0 Å². The van der Waals surface area contributed by atoms with Crippen molar-refractivity contribution >= 4 is 29.0 Å². The molecule has 26 heavy (non-hydrogen) atoms. The van der Waals surface area contributed by atoms with E-state index in [0.29, 0.717) is 16.1 Å². The zero-order valence-corrected chi connectivity index (χ0v) is 17.1. The van der Waals surface area contributed by atoms with Crippen molar-refractivity contribution in [1.82, 2.24) is 9.97 Å². The van der Waals surface area contributed by atoms with E-state index in [4.69, 9.17) is 37.9 Å². The number of hydrogen-bond donors (Lipinski definition) is 0. The van der Waals surface area contributed by atoms with E-state index in [1.807, 2.05) is 12.1 Å². The van der Waals surface area contributed by atoms with Crippen LogP contribution in [0.5, 0.6) is 0 Å². The van der Waals surface area contributed by atoms with Crippen molar-refractivity contribution in [3.05, 3.63) is 39.6 Å². The molecule has 0 saturated carbocycles. The Hall–Kier alpha value is -1.36. The van der Waals surface area contributed by atoms with Crippen LogP contribution in [0.25, 0.3) is 11.3 Å². The molecule has 0 aliphatic carbocycles. The number of halogens is 2. The highest BCUT2D eigenvalue weighted by molar-refractivity contribution is 6.36. The minimum Gasteiger partial charge on any atom is -0.383 e. The fraction of sp³-hybridized carbons (Fsp3) is 0.500. The first-order valence-corrected chi connectivity index (χ1v) is 9.95. The minimum atomic E-state index is 0.370. The zero-order valence-electron chi connectivity index (χ0n) is 15.6. The first kappa shape index (κ1) is 19.4. The topological polar surface area (TPSA) is 38.2 Å². The Labute approximate surface area is 165 Å². The van der Waals surface area contributed by atoms with Crippen LogP contribution in [0, 0.1) is 0 Å². The molecule has 1 aromatic heterocycles. The molecule has 0 spiro atoms. The van der Waals surface area contributed by atoms with Gasteiger partial charge in [0.1, 0.15) is 0 Å². The average molecular weight is 394 g/mol. The third-order valence-electron chi connectivity index (χ3n) is 4.88. The molecule has 0 radical (unpaired) electrons. The molecule has 1 aliphatic heterocycles. The molecule has 1 aliphatic rings. The quantitative estimate of drug-likeness (QED) is 0.676. The number of hydrogen-bond acceptors (Lipinski definition) is 4. The molecule has 1 atom stereocenters. The summed E-state index contributed by atoms with van der Waals surface area (Å²) < 4.78 is 5.41.